The first-order valence-corrected chi connectivity index (χ1v) is 5.78. The molecule has 2 rings (SSSR count). The monoisotopic (exact) mass is 283 g/mol. The van der Waals surface area contributed by atoms with Gasteiger partial charge in [-0.15, -0.1) is 11.3 Å². The molecular formula is C10H6BrNO2S. The van der Waals surface area contributed by atoms with Crippen LogP contribution < -0.4 is 0 Å². The molecular weight excluding hydrogens is 278 g/mol. The minimum Gasteiger partial charge on any atom is -0.258 e. The highest BCUT2D eigenvalue weighted by Crippen LogP contribution is 2.31. The topological polar surface area (TPSA) is 43.1 Å². The molecule has 0 spiro atoms. The van der Waals surface area contributed by atoms with Crippen LogP contribution in [-0.2, 0) is 0 Å². The third kappa shape index (κ3) is 2.24. The maximum Gasteiger partial charge on any atom is 0.269 e. The summed E-state index contributed by atoms with van der Waals surface area (Å²) in [5.74, 6) is 0. The van der Waals surface area contributed by atoms with Crippen LogP contribution in [0, 0.1) is 10.1 Å². The minimum atomic E-state index is -0.395. The average molecular weight is 284 g/mol. The number of halogens is 1. The molecule has 0 atom stereocenters. The maximum absolute atomic E-state index is 10.5. The third-order valence-corrected chi connectivity index (χ3v) is 3.61. The van der Waals surface area contributed by atoms with Crippen LogP contribution >= 0.6 is 27.3 Å². The van der Waals surface area contributed by atoms with Gasteiger partial charge in [-0.3, -0.25) is 10.1 Å². The van der Waals surface area contributed by atoms with E-state index in [0.29, 0.717) is 0 Å². The van der Waals surface area contributed by atoms with Gasteiger partial charge in [0.1, 0.15) is 0 Å². The van der Waals surface area contributed by atoms with Crippen LogP contribution in [0.1, 0.15) is 0 Å². The van der Waals surface area contributed by atoms with Crippen LogP contribution in [0.3, 0.4) is 0 Å². The lowest BCUT2D eigenvalue weighted by molar-refractivity contribution is -0.384. The molecule has 0 bridgehead atoms. The molecule has 0 fully saturated rings. The number of nitro groups is 1. The summed E-state index contributed by atoms with van der Waals surface area (Å²) in [6, 6.07) is 10.5. The summed E-state index contributed by atoms with van der Waals surface area (Å²) in [6.07, 6.45) is 0. The van der Waals surface area contributed by atoms with Crippen molar-refractivity contribution in [2.45, 2.75) is 0 Å². The lowest BCUT2D eigenvalue weighted by Crippen LogP contribution is -1.86. The van der Waals surface area contributed by atoms with Crippen molar-refractivity contribution < 1.29 is 4.92 Å². The highest BCUT2D eigenvalue weighted by atomic mass is 79.9. The number of hydrogen-bond acceptors (Lipinski definition) is 3. The van der Waals surface area contributed by atoms with Gasteiger partial charge in [0.05, 0.1) is 8.71 Å². The zero-order valence-electron chi connectivity index (χ0n) is 7.51. The van der Waals surface area contributed by atoms with Crippen molar-refractivity contribution in [2.75, 3.05) is 0 Å². The second-order valence-electron chi connectivity index (χ2n) is 2.91. The van der Waals surface area contributed by atoms with Gasteiger partial charge in [-0.2, -0.15) is 0 Å². The molecule has 0 aliphatic carbocycles. The van der Waals surface area contributed by atoms with E-state index in [1.807, 2.05) is 12.1 Å². The van der Waals surface area contributed by atoms with Crippen LogP contribution in [0.5, 0.6) is 0 Å². The van der Waals surface area contributed by atoms with E-state index in [0.717, 1.165) is 14.2 Å². The predicted octanol–water partition coefficient (Wildman–Crippen LogP) is 4.09. The van der Waals surface area contributed by atoms with Gasteiger partial charge in [0.25, 0.3) is 5.69 Å². The quantitative estimate of drug-likeness (QED) is 0.616. The fourth-order valence-corrected chi connectivity index (χ4v) is 2.61. The van der Waals surface area contributed by atoms with Crippen molar-refractivity contribution >= 4 is 33.0 Å². The zero-order valence-corrected chi connectivity index (χ0v) is 9.92. The standard InChI is InChI=1S/C10H6BrNO2S/c11-10-6-5-9(15-10)7-1-3-8(4-2-7)12(13)14/h1-6H. The summed E-state index contributed by atoms with van der Waals surface area (Å²) in [5, 5.41) is 10.5. The number of hydrogen-bond donors (Lipinski definition) is 0. The smallest absolute Gasteiger partial charge is 0.258 e. The van der Waals surface area contributed by atoms with Crippen LogP contribution in [0.2, 0.25) is 0 Å². The van der Waals surface area contributed by atoms with Gasteiger partial charge >= 0.3 is 0 Å². The Labute approximate surface area is 98.6 Å². The lowest BCUT2D eigenvalue weighted by Gasteiger charge is -1.96. The molecule has 0 saturated heterocycles. The van der Waals surface area contributed by atoms with Crippen LogP contribution in [0.15, 0.2) is 40.2 Å². The fraction of sp³-hybridized carbons (Fsp3) is 0. The van der Waals surface area contributed by atoms with Crippen LogP contribution in [-0.4, -0.2) is 4.92 Å². The van der Waals surface area contributed by atoms with E-state index in [9.17, 15) is 10.1 Å². The Kier molecular flexibility index (Phi) is 2.83. The van der Waals surface area contributed by atoms with Gasteiger partial charge in [0.15, 0.2) is 0 Å². The first-order chi connectivity index (χ1) is 7.16. The summed E-state index contributed by atoms with van der Waals surface area (Å²) in [4.78, 5) is 11.2. The molecule has 3 nitrogen and oxygen atoms in total. The first-order valence-electron chi connectivity index (χ1n) is 4.17. The molecule has 0 radical (unpaired) electrons. The Morgan fingerprint density at radius 3 is 2.27 bits per heavy atom. The van der Waals surface area contributed by atoms with Crippen molar-refractivity contribution in [1.82, 2.24) is 0 Å². The largest absolute Gasteiger partial charge is 0.269 e. The third-order valence-electron chi connectivity index (χ3n) is 1.94. The summed E-state index contributed by atoms with van der Waals surface area (Å²) in [7, 11) is 0. The highest BCUT2D eigenvalue weighted by Gasteiger charge is 2.06. The molecule has 1 heterocycles. The molecule has 0 N–H and O–H groups in total. The Bertz CT molecular complexity index is 492. The fourth-order valence-electron chi connectivity index (χ4n) is 1.22. The van der Waals surface area contributed by atoms with Gasteiger partial charge in [0, 0.05) is 17.0 Å². The van der Waals surface area contributed by atoms with Gasteiger partial charge < -0.3 is 0 Å². The lowest BCUT2D eigenvalue weighted by atomic mass is 10.2. The van der Waals surface area contributed by atoms with E-state index in [1.165, 1.54) is 12.1 Å². The predicted molar refractivity (Wildman–Crippen MR) is 64.1 cm³/mol. The number of nitrogens with zero attached hydrogens (tertiary/aromatic N) is 1. The SMILES string of the molecule is O=[N+]([O-])c1ccc(-c2ccc(Br)s2)cc1. The van der Waals surface area contributed by atoms with E-state index in [2.05, 4.69) is 15.9 Å². The van der Waals surface area contributed by atoms with E-state index in [4.69, 9.17) is 0 Å². The van der Waals surface area contributed by atoms with Gasteiger partial charge in [-0.25, -0.2) is 0 Å². The van der Waals surface area contributed by atoms with E-state index in [1.54, 1.807) is 23.5 Å². The first kappa shape index (κ1) is 10.3. The van der Waals surface area contributed by atoms with Gasteiger partial charge in [-0.05, 0) is 45.8 Å². The molecule has 0 aliphatic heterocycles. The summed E-state index contributed by atoms with van der Waals surface area (Å²) < 4.78 is 1.05. The Hall–Kier alpha value is -1.20. The molecule has 15 heavy (non-hydrogen) atoms. The van der Waals surface area contributed by atoms with Crippen LogP contribution in [0.4, 0.5) is 5.69 Å². The minimum absolute atomic E-state index is 0.120. The Morgan fingerprint density at radius 2 is 1.80 bits per heavy atom. The van der Waals surface area contributed by atoms with Crippen molar-refractivity contribution in [1.29, 1.82) is 0 Å². The normalized spacial score (nSPS) is 10.2. The molecule has 0 unspecified atom stereocenters. The zero-order chi connectivity index (χ0) is 10.8. The maximum atomic E-state index is 10.5. The van der Waals surface area contributed by atoms with Crippen molar-refractivity contribution in [3.8, 4) is 10.4 Å². The van der Waals surface area contributed by atoms with Crippen LogP contribution in [0.25, 0.3) is 10.4 Å². The molecule has 1 aromatic heterocycles. The number of nitro benzene ring substituents is 1. The second kappa shape index (κ2) is 4.12. The van der Waals surface area contributed by atoms with E-state index in [-0.39, 0.29) is 5.69 Å². The molecule has 0 amide bonds. The Morgan fingerprint density at radius 1 is 1.13 bits per heavy atom. The van der Waals surface area contributed by atoms with E-state index >= 15 is 0 Å². The molecule has 2 aromatic rings. The number of non-ortho nitro benzene ring substituents is 1. The van der Waals surface area contributed by atoms with Gasteiger partial charge in [0.2, 0.25) is 0 Å². The summed E-state index contributed by atoms with van der Waals surface area (Å²) >= 11 is 4.98. The highest BCUT2D eigenvalue weighted by molar-refractivity contribution is 9.11. The van der Waals surface area contributed by atoms with Gasteiger partial charge in [-0.1, -0.05) is 0 Å². The molecule has 5 heteroatoms. The van der Waals surface area contributed by atoms with E-state index < -0.39 is 4.92 Å². The molecule has 1 aromatic carbocycles. The molecule has 0 saturated carbocycles. The molecule has 76 valence electrons. The second-order valence-corrected chi connectivity index (χ2v) is 5.37. The Balaban J connectivity index is 2.35. The number of rotatable bonds is 2. The summed E-state index contributed by atoms with van der Waals surface area (Å²) in [6.45, 7) is 0. The van der Waals surface area contributed by atoms with Crippen molar-refractivity contribution in [3.63, 3.8) is 0 Å². The molecule has 0 aliphatic rings. The average Bonchev–Trinajstić information content (AvgIpc) is 2.65. The van der Waals surface area contributed by atoms with Crippen molar-refractivity contribution in [3.05, 3.63) is 50.3 Å². The number of benzene rings is 1. The number of thiophene rings is 1. The summed E-state index contributed by atoms with van der Waals surface area (Å²) in [5.41, 5.74) is 1.12. The van der Waals surface area contributed by atoms with Crippen molar-refractivity contribution in [2.24, 2.45) is 0 Å².